The number of rotatable bonds is 4. The van der Waals surface area contributed by atoms with Gasteiger partial charge in [-0.1, -0.05) is 6.07 Å². The van der Waals surface area contributed by atoms with Crippen molar-refractivity contribution in [3.05, 3.63) is 35.0 Å². The van der Waals surface area contributed by atoms with E-state index in [1.54, 1.807) is 0 Å². The van der Waals surface area contributed by atoms with Crippen LogP contribution in [0.2, 0.25) is 0 Å². The Kier molecular flexibility index (Phi) is 5.63. The van der Waals surface area contributed by atoms with Crippen LogP contribution < -0.4 is 19.9 Å². The van der Waals surface area contributed by atoms with E-state index in [-0.39, 0.29) is 12.0 Å². The first-order chi connectivity index (χ1) is 15.5. The molecule has 4 heterocycles. The molecule has 0 radical (unpaired) electrons. The monoisotopic (exact) mass is 437 g/mol. The van der Waals surface area contributed by atoms with Crippen molar-refractivity contribution in [1.29, 1.82) is 0 Å². The van der Waals surface area contributed by atoms with Crippen molar-refractivity contribution in [2.24, 2.45) is 0 Å². The smallest absolute Gasteiger partial charge is 0.227 e. The van der Waals surface area contributed by atoms with Crippen molar-refractivity contribution in [2.45, 2.75) is 58.2 Å². The number of aromatic nitrogens is 2. The Morgan fingerprint density at radius 2 is 1.91 bits per heavy atom. The molecular formula is C24H31N5O3. The lowest BCUT2D eigenvalue weighted by Gasteiger charge is -2.37. The molecule has 32 heavy (non-hydrogen) atoms. The molecule has 2 fully saturated rings. The van der Waals surface area contributed by atoms with Gasteiger partial charge in [0.05, 0.1) is 0 Å². The highest BCUT2D eigenvalue weighted by Gasteiger charge is 2.32. The van der Waals surface area contributed by atoms with Crippen molar-refractivity contribution in [3.63, 3.8) is 0 Å². The lowest BCUT2D eigenvalue weighted by Crippen LogP contribution is -2.49. The lowest BCUT2D eigenvalue weighted by molar-refractivity contribution is -0.116. The highest BCUT2D eigenvalue weighted by molar-refractivity contribution is 5.94. The van der Waals surface area contributed by atoms with E-state index in [1.165, 1.54) is 12.8 Å². The Bertz CT molecular complexity index is 1020. The number of nitrogens with one attached hydrogen (secondary N) is 1. The molecule has 8 nitrogen and oxygen atoms in total. The summed E-state index contributed by atoms with van der Waals surface area (Å²) in [5.41, 5.74) is 3.98. The number of piperidine rings is 1. The van der Waals surface area contributed by atoms with Gasteiger partial charge in [-0.05, 0) is 44.7 Å². The summed E-state index contributed by atoms with van der Waals surface area (Å²) in [5, 5.41) is 13.8. The first-order valence-electron chi connectivity index (χ1n) is 11.6. The molecule has 1 aromatic carbocycles. The summed E-state index contributed by atoms with van der Waals surface area (Å²) in [6, 6.07) is 5.79. The van der Waals surface area contributed by atoms with E-state index in [4.69, 9.17) is 14.7 Å². The number of amides is 1. The second-order valence-electron chi connectivity index (χ2n) is 9.08. The van der Waals surface area contributed by atoms with Gasteiger partial charge >= 0.3 is 0 Å². The summed E-state index contributed by atoms with van der Waals surface area (Å²) in [6.45, 7) is 7.29. The van der Waals surface area contributed by atoms with Crippen molar-refractivity contribution >= 4 is 23.4 Å². The van der Waals surface area contributed by atoms with Crippen LogP contribution in [0.3, 0.4) is 0 Å². The zero-order chi connectivity index (χ0) is 22.2. The number of fused-ring (bicyclic) bond motifs is 1. The first kappa shape index (κ1) is 21.0. The molecule has 2 saturated heterocycles. The van der Waals surface area contributed by atoms with Crippen LogP contribution >= 0.6 is 0 Å². The van der Waals surface area contributed by atoms with Crippen LogP contribution in [0.25, 0.3) is 0 Å². The zero-order valence-corrected chi connectivity index (χ0v) is 18.8. The van der Waals surface area contributed by atoms with Crippen LogP contribution in [0.1, 0.15) is 42.5 Å². The van der Waals surface area contributed by atoms with Gasteiger partial charge in [-0.2, -0.15) is 4.98 Å². The van der Waals surface area contributed by atoms with Crippen LogP contribution in [0.5, 0.6) is 5.75 Å². The number of aliphatic hydroxyl groups excluding tert-OH is 1. The van der Waals surface area contributed by atoms with E-state index in [0.717, 1.165) is 60.3 Å². The van der Waals surface area contributed by atoms with Crippen LogP contribution in [0, 0.1) is 13.8 Å². The highest BCUT2D eigenvalue weighted by atomic mass is 16.5. The van der Waals surface area contributed by atoms with Crippen molar-refractivity contribution in [1.82, 2.24) is 9.97 Å². The predicted octanol–water partition coefficient (Wildman–Crippen LogP) is 2.60. The number of anilines is 3. The Labute approximate surface area is 188 Å². The molecule has 0 unspecified atom stereocenters. The number of hydrogen-bond acceptors (Lipinski definition) is 7. The molecule has 0 aliphatic carbocycles. The molecule has 0 bridgehead atoms. The van der Waals surface area contributed by atoms with Gasteiger partial charge in [0.25, 0.3) is 0 Å². The number of carbonyl (C=O) groups is 1. The van der Waals surface area contributed by atoms with Crippen LogP contribution in [-0.4, -0.2) is 59.4 Å². The minimum absolute atomic E-state index is 0.0341. The highest BCUT2D eigenvalue weighted by Crippen LogP contribution is 2.31. The third kappa shape index (κ3) is 4.11. The Morgan fingerprint density at radius 3 is 2.69 bits per heavy atom. The second-order valence-corrected chi connectivity index (χ2v) is 9.08. The van der Waals surface area contributed by atoms with E-state index in [9.17, 15) is 9.90 Å². The van der Waals surface area contributed by atoms with Gasteiger partial charge in [-0.3, -0.25) is 4.79 Å². The number of benzene rings is 1. The average Bonchev–Trinajstić information content (AvgIpc) is 3.32. The Balaban J connectivity index is 1.29. The summed E-state index contributed by atoms with van der Waals surface area (Å²) in [4.78, 5) is 25.7. The van der Waals surface area contributed by atoms with Crippen LogP contribution in [-0.2, 0) is 11.2 Å². The van der Waals surface area contributed by atoms with Gasteiger partial charge in [0.2, 0.25) is 11.9 Å². The Morgan fingerprint density at radius 1 is 1.09 bits per heavy atom. The minimum Gasteiger partial charge on any atom is -0.488 e. The van der Waals surface area contributed by atoms with Gasteiger partial charge in [-0.25, -0.2) is 4.98 Å². The standard InChI is InChI=1S/C24H31N5O3/c1-15-16(2)25-24(28-10-3-4-11-28)27-23(15)29-12-9-21(20(30)14-29)32-18-7-5-17-6-8-22(31)26-19(17)13-18/h5,7,13,20-21,30H,3-4,6,8-12,14H2,1-2H3,(H,26,31)/t20-,21-/m1/s1. The molecule has 1 amide bonds. The van der Waals surface area contributed by atoms with Crippen molar-refractivity contribution in [2.75, 3.05) is 41.3 Å². The number of β-amino-alcohol motifs (C(OH)–C–C–N with tert-alkyl or cyclic N) is 1. The SMILES string of the molecule is Cc1nc(N2CCCC2)nc(N2CC[C@@H](Oc3ccc4c(c3)NC(=O)CC4)[C@H](O)C2)c1C. The van der Waals surface area contributed by atoms with Gasteiger partial charge < -0.3 is 25.0 Å². The summed E-state index contributed by atoms with van der Waals surface area (Å²) >= 11 is 0. The van der Waals surface area contributed by atoms with E-state index < -0.39 is 6.10 Å². The molecule has 3 aliphatic rings. The lowest BCUT2D eigenvalue weighted by atomic mass is 10.0. The Hall–Kier alpha value is -2.87. The summed E-state index contributed by atoms with van der Waals surface area (Å²) in [5.74, 6) is 2.42. The second kappa shape index (κ2) is 8.58. The van der Waals surface area contributed by atoms with Crippen LogP contribution in [0.4, 0.5) is 17.5 Å². The number of hydrogen-bond donors (Lipinski definition) is 2. The molecule has 1 aromatic heterocycles. The molecule has 5 rings (SSSR count). The molecule has 0 saturated carbocycles. The number of carbonyl (C=O) groups excluding carboxylic acids is 1. The van der Waals surface area contributed by atoms with Gasteiger partial charge in [0.1, 0.15) is 23.8 Å². The summed E-state index contributed by atoms with van der Waals surface area (Å²) in [6.07, 6.45) is 3.38. The van der Waals surface area contributed by atoms with Gasteiger partial charge in [0.15, 0.2) is 0 Å². The molecule has 8 heteroatoms. The van der Waals surface area contributed by atoms with Crippen molar-refractivity contribution in [3.8, 4) is 5.75 Å². The number of aryl methyl sites for hydroxylation is 2. The normalized spacial score (nSPS) is 23.2. The maximum atomic E-state index is 11.7. The van der Waals surface area contributed by atoms with Gasteiger partial charge in [0, 0.05) is 62.0 Å². The minimum atomic E-state index is -0.640. The first-order valence-corrected chi connectivity index (χ1v) is 11.6. The molecule has 170 valence electrons. The fourth-order valence-electron chi connectivity index (χ4n) is 4.80. The third-order valence-electron chi connectivity index (χ3n) is 6.82. The predicted molar refractivity (Wildman–Crippen MR) is 124 cm³/mol. The summed E-state index contributed by atoms with van der Waals surface area (Å²) in [7, 11) is 0. The molecule has 3 aliphatic heterocycles. The maximum Gasteiger partial charge on any atom is 0.227 e. The molecular weight excluding hydrogens is 406 g/mol. The average molecular weight is 438 g/mol. The molecule has 2 aromatic rings. The van der Waals surface area contributed by atoms with E-state index in [0.29, 0.717) is 25.1 Å². The number of aliphatic hydroxyl groups is 1. The molecule has 0 spiro atoms. The third-order valence-corrected chi connectivity index (χ3v) is 6.82. The topological polar surface area (TPSA) is 90.8 Å². The van der Waals surface area contributed by atoms with E-state index in [2.05, 4.69) is 22.0 Å². The molecule has 2 N–H and O–H groups in total. The maximum absolute atomic E-state index is 11.7. The molecule has 2 atom stereocenters. The number of nitrogens with zero attached hydrogens (tertiary/aromatic N) is 4. The largest absolute Gasteiger partial charge is 0.488 e. The fraction of sp³-hybridized carbons (Fsp3) is 0.542. The summed E-state index contributed by atoms with van der Waals surface area (Å²) < 4.78 is 6.14. The zero-order valence-electron chi connectivity index (χ0n) is 18.8. The van der Waals surface area contributed by atoms with Gasteiger partial charge in [-0.15, -0.1) is 0 Å². The van der Waals surface area contributed by atoms with Crippen molar-refractivity contribution < 1.29 is 14.6 Å². The number of ether oxygens (including phenoxy) is 1. The van der Waals surface area contributed by atoms with Crippen LogP contribution in [0.15, 0.2) is 18.2 Å². The fourth-order valence-corrected chi connectivity index (χ4v) is 4.80. The quantitative estimate of drug-likeness (QED) is 0.760. The van der Waals surface area contributed by atoms with E-state index in [1.807, 2.05) is 25.1 Å². The van der Waals surface area contributed by atoms with E-state index >= 15 is 0 Å².